The molecule has 0 saturated carbocycles. The molecule has 6 heteroatoms. The Bertz CT molecular complexity index is 995. The molecule has 1 aliphatic rings. The van der Waals surface area contributed by atoms with E-state index in [1.807, 2.05) is 25.1 Å². The van der Waals surface area contributed by atoms with Gasteiger partial charge in [-0.05, 0) is 56.5 Å². The molecule has 0 unspecified atom stereocenters. The molecule has 0 spiro atoms. The van der Waals surface area contributed by atoms with E-state index in [0.29, 0.717) is 17.9 Å². The zero-order valence-corrected chi connectivity index (χ0v) is 18.7. The van der Waals surface area contributed by atoms with Gasteiger partial charge in [-0.25, -0.2) is 4.79 Å². The van der Waals surface area contributed by atoms with Crippen molar-refractivity contribution in [1.82, 2.24) is 0 Å². The molecule has 0 aliphatic carbocycles. The smallest absolute Gasteiger partial charge is 0.411 e. The van der Waals surface area contributed by atoms with Crippen LogP contribution in [0.25, 0.3) is 0 Å². The number of aliphatic imine (C=N–C) groups is 1. The van der Waals surface area contributed by atoms with Gasteiger partial charge in [-0.2, -0.15) is 0 Å². The number of nitrogens with one attached hydrogen (secondary N) is 1. The normalized spacial score (nSPS) is 14.3. The Hall–Kier alpha value is -3.15. The molecule has 31 heavy (non-hydrogen) atoms. The van der Waals surface area contributed by atoms with E-state index < -0.39 is 6.09 Å². The third kappa shape index (κ3) is 5.94. The molecule has 164 valence electrons. The van der Waals surface area contributed by atoms with Crippen molar-refractivity contribution >= 4 is 23.3 Å². The van der Waals surface area contributed by atoms with Crippen LogP contribution in [-0.4, -0.2) is 36.8 Å². The molecule has 0 atom stereocenters. The molecule has 0 fully saturated rings. The Morgan fingerprint density at radius 1 is 1.16 bits per heavy atom. The summed E-state index contributed by atoms with van der Waals surface area (Å²) in [6.07, 6.45) is 2.23. The van der Waals surface area contributed by atoms with E-state index in [4.69, 9.17) is 14.5 Å². The standard InChI is InChI=1S/C25H30N2O4/c1-5-6-12-31-24(29)26-19-9-7-8-17(13-19)23(28)15-22-21-14-20(30-4)11-10-18(21)16-25(2,3)27-22/h7-11,13-14H,5-6,12,15-16H2,1-4H3,(H,26,29). The third-order valence-corrected chi connectivity index (χ3v) is 5.18. The highest BCUT2D eigenvalue weighted by molar-refractivity contribution is 6.17. The summed E-state index contributed by atoms with van der Waals surface area (Å²) in [5.41, 5.74) is 3.65. The van der Waals surface area contributed by atoms with Gasteiger partial charge in [0.05, 0.1) is 31.4 Å². The lowest BCUT2D eigenvalue weighted by Gasteiger charge is -2.29. The number of hydrogen-bond acceptors (Lipinski definition) is 5. The van der Waals surface area contributed by atoms with Crippen molar-refractivity contribution in [2.45, 2.75) is 52.0 Å². The lowest BCUT2D eigenvalue weighted by molar-refractivity contribution is 0.100. The molecule has 2 aromatic rings. The first kappa shape index (κ1) is 22.5. The number of Topliss-reactive ketones (excluding diaryl/α,β-unsaturated/α-hetero) is 1. The molecular formula is C25H30N2O4. The SMILES string of the molecule is CCCCOC(=O)Nc1cccc(C(=O)CC2=NC(C)(C)Cc3ccc(OC)cc32)c1. The van der Waals surface area contributed by atoms with Gasteiger partial charge < -0.3 is 9.47 Å². The zero-order valence-electron chi connectivity index (χ0n) is 18.7. The molecule has 0 saturated heterocycles. The number of ether oxygens (including phenoxy) is 2. The molecule has 1 heterocycles. The summed E-state index contributed by atoms with van der Waals surface area (Å²) in [5, 5.41) is 2.68. The molecule has 0 radical (unpaired) electrons. The summed E-state index contributed by atoms with van der Waals surface area (Å²) < 4.78 is 10.5. The summed E-state index contributed by atoms with van der Waals surface area (Å²) in [6.45, 7) is 6.54. The second-order valence-corrected chi connectivity index (χ2v) is 8.37. The Labute approximate surface area is 183 Å². The molecule has 0 aromatic heterocycles. The van der Waals surface area contributed by atoms with Gasteiger partial charge in [0.15, 0.2) is 5.78 Å². The number of rotatable bonds is 8. The van der Waals surface area contributed by atoms with Crippen LogP contribution in [0.1, 0.15) is 61.5 Å². The highest BCUT2D eigenvalue weighted by Crippen LogP contribution is 2.31. The van der Waals surface area contributed by atoms with Crippen molar-refractivity contribution in [3.8, 4) is 5.75 Å². The predicted molar refractivity (Wildman–Crippen MR) is 123 cm³/mol. The van der Waals surface area contributed by atoms with Gasteiger partial charge in [-0.3, -0.25) is 15.1 Å². The maximum atomic E-state index is 13.1. The number of nitrogens with zero attached hydrogens (tertiary/aromatic N) is 1. The van der Waals surface area contributed by atoms with Crippen LogP contribution in [0.15, 0.2) is 47.5 Å². The predicted octanol–water partition coefficient (Wildman–Crippen LogP) is 5.44. The quantitative estimate of drug-likeness (QED) is 0.454. The Morgan fingerprint density at radius 3 is 2.71 bits per heavy atom. The van der Waals surface area contributed by atoms with E-state index >= 15 is 0 Å². The van der Waals surface area contributed by atoms with Gasteiger partial charge in [0.1, 0.15) is 5.75 Å². The average molecular weight is 423 g/mol. The summed E-state index contributed by atoms with van der Waals surface area (Å²) >= 11 is 0. The summed E-state index contributed by atoms with van der Waals surface area (Å²) in [5.74, 6) is 0.680. The van der Waals surface area contributed by atoms with Gasteiger partial charge in [-0.15, -0.1) is 0 Å². The topological polar surface area (TPSA) is 77.0 Å². The van der Waals surface area contributed by atoms with Crippen molar-refractivity contribution in [2.24, 2.45) is 4.99 Å². The number of unbranched alkanes of at least 4 members (excludes halogenated alkanes) is 1. The molecule has 1 aliphatic heterocycles. The number of hydrogen-bond donors (Lipinski definition) is 1. The molecule has 6 nitrogen and oxygen atoms in total. The van der Waals surface area contributed by atoms with Crippen LogP contribution < -0.4 is 10.1 Å². The van der Waals surface area contributed by atoms with Crippen LogP contribution in [0.4, 0.5) is 10.5 Å². The highest BCUT2D eigenvalue weighted by atomic mass is 16.5. The number of benzene rings is 2. The summed E-state index contributed by atoms with van der Waals surface area (Å²) in [6, 6.07) is 12.8. The van der Waals surface area contributed by atoms with Gasteiger partial charge in [-0.1, -0.05) is 31.5 Å². The fourth-order valence-electron chi connectivity index (χ4n) is 3.66. The van der Waals surface area contributed by atoms with Crippen molar-refractivity contribution in [3.63, 3.8) is 0 Å². The van der Waals surface area contributed by atoms with E-state index in [-0.39, 0.29) is 17.7 Å². The number of anilines is 1. The van der Waals surface area contributed by atoms with E-state index in [0.717, 1.165) is 41.9 Å². The summed E-state index contributed by atoms with van der Waals surface area (Å²) in [4.78, 5) is 29.8. The largest absolute Gasteiger partial charge is 0.497 e. The van der Waals surface area contributed by atoms with Crippen molar-refractivity contribution in [3.05, 3.63) is 59.2 Å². The van der Waals surface area contributed by atoms with Gasteiger partial charge in [0.25, 0.3) is 0 Å². The minimum absolute atomic E-state index is 0.0618. The fourth-order valence-corrected chi connectivity index (χ4v) is 3.66. The van der Waals surface area contributed by atoms with Crippen LogP contribution >= 0.6 is 0 Å². The van der Waals surface area contributed by atoms with Crippen LogP contribution in [0.2, 0.25) is 0 Å². The van der Waals surface area contributed by atoms with E-state index in [9.17, 15) is 9.59 Å². The number of amides is 1. The van der Waals surface area contributed by atoms with E-state index in [1.165, 1.54) is 0 Å². The molecule has 3 rings (SSSR count). The molecule has 0 bridgehead atoms. The van der Waals surface area contributed by atoms with Crippen molar-refractivity contribution in [1.29, 1.82) is 0 Å². The maximum Gasteiger partial charge on any atom is 0.411 e. The van der Waals surface area contributed by atoms with Crippen molar-refractivity contribution < 1.29 is 19.1 Å². The van der Waals surface area contributed by atoms with Gasteiger partial charge in [0, 0.05) is 16.8 Å². The van der Waals surface area contributed by atoms with E-state index in [1.54, 1.807) is 31.4 Å². The average Bonchev–Trinajstić information content (AvgIpc) is 2.73. The minimum Gasteiger partial charge on any atom is -0.497 e. The second-order valence-electron chi connectivity index (χ2n) is 8.37. The first-order valence-corrected chi connectivity index (χ1v) is 10.6. The van der Waals surface area contributed by atoms with Crippen molar-refractivity contribution in [2.75, 3.05) is 19.0 Å². The monoisotopic (exact) mass is 422 g/mol. The number of ketones is 1. The minimum atomic E-state index is -0.516. The first-order chi connectivity index (χ1) is 14.8. The Balaban J connectivity index is 1.77. The number of methoxy groups -OCH3 is 1. The lowest BCUT2D eigenvalue weighted by Crippen LogP contribution is -2.30. The first-order valence-electron chi connectivity index (χ1n) is 10.6. The lowest BCUT2D eigenvalue weighted by atomic mass is 9.85. The number of fused-ring (bicyclic) bond motifs is 1. The maximum absolute atomic E-state index is 13.1. The Kier molecular flexibility index (Phi) is 7.10. The molecule has 1 amide bonds. The third-order valence-electron chi connectivity index (χ3n) is 5.18. The molecule has 2 aromatic carbocycles. The fraction of sp³-hybridized carbons (Fsp3) is 0.400. The van der Waals surface area contributed by atoms with Gasteiger partial charge in [0.2, 0.25) is 0 Å². The van der Waals surface area contributed by atoms with Crippen LogP contribution in [-0.2, 0) is 11.2 Å². The second kappa shape index (κ2) is 9.77. The number of carbonyl (C=O) groups is 2. The van der Waals surface area contributed by atoms with Crippen LogP contribution in [0.3, 0.4) is 0 Å². The molecule has 1 N–H and O–H groups in total. The zero-order chi connectivity index (χ0) is 22.4. The highest BCUT2D eigenvalue weighted by Gasteiger charge is 2.28. The summed E-state index contributed by atoms with van der Waals surface area (Å²) in [7, 11) is 1.63. The molecular weight excluding hydrogens is 392 g/mol. The van der Waals surface area contributed by atoms with E-state index in [2.05, 4.69) is 19.2 Å². The van der Waals surface area contributed by atoms with Gasteiger partial charge >= 0.3 is 6.09 Å². The number of carbonyl (C=O) groups excluding carboxylic acids is 2. The Morgan fingerprint density at radius 2 is 1.97 bits per heavy atom. The van der Waals surface area contributed by atoms with Crippen LogP contribution in [0, 0.1) is 0 Å². The van der Waals surface area contributed by atoms with Crippen LogP contribution in [0.5, 0.6) is 5.75 Å².